The molecule has 8 aromatic rings. The molecular formula is C61H73NO2S4. The van der Waals surface area contributed by atoms with Gasteiger partial charge in [-0.2, -0.15) is 0 Å². The van der Waals surface area contributed by atoms with E-state index in [0.717, 1.165) is 88.3 Å². The highest BCUT2D eigenvalue weighted by Crippen LogP contribution is 2.48. The first-order valence-electron chi connectivity index (χ1n) is 25.4. The summed E-state index contributed by atoms with van der Waals surface area (Å²) in [5.74, 6) is 4.13. The molecule has 4 heterocycles. The van der Waals surface area contributed by atoms with E-state index < -0.39 is 0 Å². The van der Waals surface area contributed by atoms with E-state index in [-0.39, 0.29) is 0 Å². The van der Waals surface area contributed by atoms with Gasteiger partial charge >= 0.3 is 0 Å². The van der Waals surface area contributed by atoms with E-state index in [1.165, 1.54) is 95.3 Å². The zero-order chi connectivity index (χ0) is 47.7. The fourth-order valence-corrected chi connectivity index (χ4v) is 13.7. The molecule has 8 rings (SSSR count). The van der Waals surface area contributed by atoms with E-state index in [1.807, 2.05) is 45.3 Å². The van der Waals surface area contributed by atoms with E-state index in [1.54, 1.807) is 0 Å². The number of ether oxygens (including phenoxy) is 2. The number of aryl methyl sites for hydroxylation is 4. The summed E-state index contributed by atoms with van der Waals surface area (Å²) in [7, 11) is 0. The Balaban J connectivity index is 1.14. The molecule has 1 N–H and O–H groups in total. The highest BCUT2D eigenvalue weighted by atomic mass is 32.1. The van der Waals surface area contributed by atoms with Crippen molar-refractivity contribution in [3.8, 4) is 31.0 Å². The van der Waals surface area contributed by atoms with Gasteiger partial charge in [0.1, 0.15) is 11.5 Å². The maximum Gasteiger partial charge on any atom is 0.119 e. The molecule has 0 aliphatic rings. The van der Waals surface area contributed by atoms with Crippen LogP contribution < -0.4 is 14.8 Å². The van der Waals surface area contributed by atoms with Crippen LogP contribution in [0.25, 0.3) is 56.2 Å². The predicted octanol–water partition coefficient (Wildman–Crippen LogP) is 19.0. The van der Waals surface area contributed by atoms with E-state index >= 15 is 0 Å². The zero-order valence-corrected chi connectivity index (χ0v) is 45.2. The molecule has 3 nitrogen and oxygen atoms in total. The number of hydrogen-bond acceptors (Lipinski definition) is 7. The lowest BCUT2D eigenvalue weighted by molar-refractivity contribution is 0.271. The van der Waals surface area contributed by atoms with E-state index in [4.69, 9.17) is 9.47 Å². The third-order valence-electron chi connectivity index (χ3n) is 12.9. The minimum absolute atomic E-state index is 0.518. The molecule has 0 aliphatic heterocycles. The van der Waals surface area contributed by atoms with Crippen LogP contribution >= 0.6 is 45.3 Å². The molecule has 7 heteroatoms. The molecule has 0 aliphatic carbocycles. The van der Waals surface area contributed by atoms with E-state index in [2.05, 4.69) is 164 Å². The lowest BCUT2D eigenvalue weighted by Crippen LogP contribution is -2.16. The molecule has 68 heavy (non-hydrogen) atoms. The zero-order valence-electron chi connectivity index (χ0n) is 41.9. The number of fused-ring (bicyclic) bond motifs is 5. The smallest absolute Gasteiger partial charge is 0.119 e. The van der Waals surface area contributed by atoms with Gasteiger partial charge in [0.05, 0.1) is 18.1 Å². The standard InChI is InChI=1S/C61H73NO2S4/c1-10-15-42(8)54-28-30-56(65-54)58-34-50-46(18-13-11-16-44-20-24-48(25-21-44)63-37-40(4)5)32-53-52(60(50)67-58)33-47(19-14-12-17-45-22-26-49(27-23-45)64-38-41(6)7)51-35-59(68-61(51)53)57-31-29-55(66-57)43(9)62-36-39(2)3/h20-35,39-42,62H,9-19,36-38H2,1-8H3. The van der Waals surface area contributed by atoms with Gasteiger partial charge in [0.15, 0.2) is 0 Å². The van der Waals surface area contributed by atoms with Crippen LogP contribution in [0, 0.1) is 17.8 Å². The number of rotatable bonds is 25. The summed E-state index contributed by atoms with van der Waals surface area (Å²) in [5.41, 5.74) is 6.75. The van der Waals surface area contributed by atoms with Gasteiger partial charge in [-0.15, -0.1) is 45.3 Å². The quantitative estimate of drug-likeness (QED) is 0.0579. The van der Waals surface area contributed by atoms with Crippen LogP contribution in [0.1, 0.15) is 132 Å². The molecule has 1 unspecified atom stereocenters. The topological polar surface area (TPSA) is 30.5 Å². The summed E-state index contributed by atoms with van der Waals surface area (Å²) in [6, 6.07) is 37.2. The SMILES string of the molecule is C=C(NCC(C)C)c1ccc(-c2cc3c(CCCCc4ccc(OCC(C)C)cc4)cc4c(cc(CCCCc5ccc(OCC(C)C)cc5)c5cc(-c6ccc(C(C)CCC)s6)sc54)c3s2)s1. The normalized spacial score (nSPS) is 12.4. The summed E-state index contributed by atoms with van der Waals surface area (Å²) in [6.07, 6.45) is 11.3. The van der Waals surface area contributed by atoms with Crippen LogP contribution in [0.15, 0.2) is 104 Å². The average Bonchev–Trinajstić information content (AvgIpc) is 4.17. The monoisotopic (exact) mass is 979 g/mol. The first-order valence-corrected chi connectivity index (χ1v) is 28.7. The van der Waals surface area contributed by atoms with E-state index in [9.17, 15) is 0 Å². The van der Waals surface area contributed by atoms with Gasteiger partial charge in [0.2, 0.25) is 0 Å². The molecule has 358 valence electrons. The predicted molar refractivity (Wildman–Crippen MR) is 303 cm³/mol. The summed E-state index contributed by atoms with van der Waals surface area (Å²) in [5, 5.41) is 9.27. The first-order chi connectivity index (χ1) is 32.9. The maximum absolute atomic E-state index is 5.98. The Bertz CT molecular complexity index is 2890. The van der Waals surface area contributed by atoms with Crippen LogP contribution in [0.3, 0.4) is 0 Å². The fourth-order valence-electron chi connectivity index (χ4n) is 9.04. The molecule has 0 radical (unpaired) electrons. The lowest BCUT2D eigenvalue weighted by Gasteiger charge is -2.12. The molecular weight excluding hydrogens is 907 g/mol. The molecule has 4 aromatic carbocycles. The van der Waals surface area contributed by atoms with Crippen molar-refractivity contribution < 1.29 is 9.47 Å². The maximum atomic E-state index is 5.98. The first kappa shape index (κ1) is 50.0. The number of hydrogen-bond donors (Lipinski definition) is 1. The summed E-state index contributed by atoms with van der Waals surface area (Å²) < 4.78 is 14.8. The van der Waals surface area contributed by atoms with Crippen molar-refractivity contribution in [2.24, 2.45) is 17.8 Å². The average molecular weight is 981 g/mol. The largest absolute Gasteiger partial charge is 0.493 e. The Morgan fingerprint density at radius 1 is 0.515 bits per heavy atom. The second-order valence-electron chi connectivity index (χ2n) is 20.3. The minimum Gasteiger partial charge on any atom is -0.493 e. The Kier molecular flexibility index (Phi) is 17.3. The Hall–Kier alpha value is -4.40. The Labute approximate surface area is 423 Å². The van der Waals surface area contributed by atoms with Crippen molar-refractivity contribution in [3.63, 3.8) is 0 Å². The van der Waals surface area contributed by atoms with Crippen molar-refractivity contribution in [2.75, 3.05) is 19.8 Å². The van der Waals surface area contributed by atoms with Crippen molar-refractivity contribution in [1.82, 2.24) is 5.32 Å². The van der Waals surface area contributed by atoms with Gasteiger partial charge in [-0.05, 0) is 187 Å². The van der Waals surface area contributed by atoms with Gasteiger partial charge in [-0.3, -0.25) is 0 Å². The minimum atomic E-state index is 0.518. The number of thiophene rings is 4. The molecule has 4 aromatic heterocycles. The number of nitrogens with one attached hydrogen (secondary N) is 1. The van der Waals surface area contributed by atoms with Gasteiger partial charge in [-0.1, -0.05) is 92.7 Å². The van der Waals surface area contributed by atoms with Crippen LogP contribution in [0.4, 0.5) is 0 Å². The van der Waals surface area contributed by atoms with Crippen LogP contribution in [0.5, 0.6) is 11.5 Å². The van der Waals surface area contributed by atoms with Crippen molar-refractivity contribution in [1.29, 1.82) is 0 Å². The molecule has 0 saturated heterocycles. The summed E-state index contributed by atoms with van der Waals surface area (Å²) >= 11 is 7.87. The van der Waals surface area contributed by atoms with Gasteiger partial charge in [0.25, 0.3) is 0 Å². The van der Waals surface area contributed by atoms with Crippen LogP contribution in [-0.2, 0) is 25.7 Å². The second-order valence-corrected chi connectivity index (χ2v) is 24.6. The second kappa shape index (κ2) is 23.5. The molecule has 0 saturated carbocycles. The molecule has 0 fully saturated rings. The molecule has 0 amide bonds. The van der Waals surface area contributed by atoms with Gasteiger partial charge in [0, 0.05) is 56.8 Å². The third-order valence-corrected chi connectivity index (χ3v) is 18.0. The number of unbranched alkanes of at least 4 members (excludes halogenated alkanes) is 2. The van der Waals surface area contributed by atoms with Crippen molar-refractivity contribution >= 4 is 82.0 Å². The van der Waals surface area contributed by atoms with Crippen molar-refractivity contribution in [2.45, 2.75) is 126 Å². The Morgan fingerprint density at radius 2 is 1.00 bits per heavy atom. The van der Waals surface area contributed by atoms with Crippen LogP contribution in [-0.4, -0.2) is 19.8 Å². The van der Waals surface area contributed by atoms with Crippen LogP contribution in [0.2, 0.25) is 0 Å². The highest BCUT2D eigenvalue weighted by molar-refractivity contribution is 7.28. The highest BCUT2D eigenvalue weighted by Gasteiger charge is 2.20. The molecule has 0 bridgehead atoms. The fraction of sp³-hybridized carbons (Fsp3) is 0.410. The molecule has 0 spiro atoms. The summed E-state index contributed by atoms with van der Waals surface area (Å²) in [6.45, 7) is 24.8. The van der Waals surface area contributed by atoms with Gasteiger partial charge < -0.3 is 14.8 Å². The van der Waals surface area contributed by atoms with Crippen molar-refractivity contribution in [3.05, 3.63) is 136 Å². The van der Waals surface area contributed by atoms with E-state index in [0.29, 0.717) is 23.7 Å². The molecule has 1 atom stereocenters. The number of benzene rings is 4. The lowest BCUT2D eigenvalue weighted by atomic mass is 9.94. The summed E-state index contributed by atoms with van der Waals surface area (Å²) in [4.78, 5) is 8.20. The Morgan fingerprint density at radius 3 is 1.49 bits per heavy atom. The third kappa shape index (κ3) is 12.7. The van der Waals surface area contributed by atoms with Gasteiger partial charge in [-0.25, -0.2) is 0 Å².